The van der Waals surface area contributed by atoms with Gasteiger partial charge in [0.25, 0.3) is 0 Å². The van der Waals surface area contributed by atoms with Gasteiger partial charge in [-0.05, 0) is 72.6 Å². The average molecular weight is 561 g/mol. The van der Waals surface area contributed by atoms with Crippen LogP contribution in [0.25, 0.3) is 16.9 Å². The number of hydrogen-bond acceptors (Lipinski definition) is 4. The van der Waals surface area contributed by atoms with Crippen molar-refractivity contribution in [3.63, 3.8) is 0 Å². The molecule has 39 heavy (non-hydrogen) atoms. The Hall–Kier alpha value is -4.20. The normalized spacial score (nSPS) is 10.9. The highest BCUT2D eigenvalue weighted by molar-refractivity contribution is 6.35. The van der Waals surface area contributed by atoms with Gasteiger partial charge < -0.3 is 10.1 Å². The van der Waals surface area contributed by atoms with Gasteiger partial charge in [-0.2, -0.15) is 5.10 Å². The molecule has 9 heteroatoms. The van der Waals surface area contributed by atoms with E-state index in [9.17, 15) is 9.18 Å². The van der Waals surface area contributed by atoms with E-state index in [1.165, 1.54) is 12.1 Å². The van der Waals surface area contributed by atoms with Gasteiger partial charge in [0.2, 0.25) is 5.91 Å². The topological polar surface area (TPSA) is 69.0 Å². The van der Waals surface area contributed by atoms with Crippen molar-refractivity contribution in [3.8, 4) is 22.7 Å². The predicted molar refractivity (Wildman–Crippen MR) is 151 cm³/mol. The van der Waals surface area contributed by atoms with Gasteiger partial charge in [-0.15, -0.1) is 0 Å². The molecule has 5 aromatic rings. The lowest BCUT2D eigenvalue weighted by Crippen LogP contribution is -2.16. The Balaban J connectivity index is 1.45. The maximum Gasteiger partial charge on any atom is 0.231 e. The van der Waals surface area contributed by atoms with Crippen molar-refractivity contribution < 1.29 is 13.9 Å². The van der Waals surface area contributed by atoms with Crippen LogP contribution in [0.1, 0.15) is 16.8 Å². The number of benzene rings is 3. The number of anilines is 1. The third kappa shape index (κ3) is 6.28. The lowest BCUT2D eigenvalue weighted by molar-refractivity contribution is -0.115. The van der Waals surface area contributed by atoms with Crippen LogP contribution in [0.15, 0.2) is 91.1 Å². The third-order valence-electron chi connectivity index (χ3n) is 6.06. The lowest BCUT2D eigenvalue weighted by Gasteiger charge is -2.12. The molecule has 196 valence electrons. The fraction of sp³-hybridized carbons (Fsp3) is 0.100. The Morgan fingerprint density at radius 2 is 1.77 bits per heavy atom. The molecule has 1 amide bonds. The second-order valence-corrected chi connectivity index (χ2v) is 9.66. The maximum atomic E-state index is 13.2. The monoisotopic (exact) mass is 560 g/mol. The summed E-state index contributed by atoms with van der Waals surface area (Å²) in [5.41, 5.74) is 4.70. The number of nitrogens with zero attached hydrogens (tertiary/aromatic N) is 3. The van der Waals surface area contributed by atoms with Crippen molar-refractivity contribution in [1.82, 2.24) is 14.8 Å². The van der Waals surface area contributed by atoms with Crippen LogP contribution in [-0.4, -0.2) is 20.7 Å². The largest absolute Gasteiger partial charge is 0.489 e. The van der Waals surface area contributed by atoms with Gasteiger partial charge in [0.15, 0.2) is 0 Å². The van der Waals surface area contributed by atoms with Crippen molar-refractivity contribution in [1.29, 1.82) is 0 Å². The van der Waals surface area contributed by atoms with Crippen LogP contribution < -0.4 is 10.1 Å². The first-order valence-corrected chi connectivity index (χ1v) is 12.9. The Bertz CT molecular complexity index is 1610. The van der Waals surface area contributed by atoms with Gasteiger partial charge >= 0.3 is 0 Å². The summed E-state index contributed by atoms with van der Waals surface area (Å²) in [4.78, 5) is 16.7. The maximum absolute atomic E-state index is 13.2. The molecule has 0 bridgehead atoms. The molecule has 0 aliphatic carbocycles. The van der Waals surface area contributed by atoms with Crippen LogP contribution in [0.3, 0.4) is 0 Å². The van der Waals surface area contributed by atoms with Crippen LogP contribution in [0.2, 0.25) is 10.0 Å². The van der Waals surface area contributed by atoms with Crippen molar-refractivity contribution in [2.24, 2.45) is 0 Å². The number of halogens is 3. The minimum atomic E-state index is -0.483. The molecule has 0 saturated carbocycles. The second kappa shape index (κ2) is 11.7. The van der Waals surface area contributed by atoms with Crippen LogP contribution in [-0.2, 0) is 17.8 Å². The van der Waals surface area contributed by atoms with E-state index in [4.69, 9.17) is 33.0 Å². The highest BCUT2D eigenvalue weighted by Crippen LogP contribution is 2.33. The highest BCUT2D eigenvalue weighted by Gasteiger charge is 2.21. The van der Waals surface area contributed by atoms with Gasteiger partial charge in [0.05, 0.1) is 34.7 Å². The van der Waals surface area contributed by atoms with E-state index in [-0.39, 0.29) is 18.1 Å². The number of amides is 1. The number of hydrogen-bond donors (Lipinski definition) is 1. The minimum absolute atomic E-state index is 0.0195. The molecule has 0 aliphatic heterocycles. The van der Waals surface area contributed by atoms with Gasteiger partial charge in [0, 0.05) is 10.6 Å². The molecule has 0 aliphatic rings. The molecule has 2 heterocycles. The Morgan fingerprint density at radius 3 is 2.46 bits per heavy atom. The van der Waals surface area contributed by atoms with Crippen LogP contribution >= 0.6 is 23.2 Å². The molecule has 3 aromatic carbocycles. The van der Waals surface area contributed by atoms with Crippen molar-refractivity contribution in [2.45, 2.75) is 20.0 Å². The number of carbonyl (C=O) groups is 1. The molecule has 0 fully saturated rings. The molecule has 0 unspecified atom stereocenters. The number of carbonyl (C=O) groups excluding carboxylic acids is 1. The van der Waals surface area contributed by atoms with E-state index in [0.29, 0.717) is 28.0 Å². The van der Waals surface area contributed by atoms with E-state index in [1.54, 1.807) is 22.9 Å². The van der Waals surface area contributed by atoms with Crippen LogP contribution in [0.5, 0.6) is 5.75 Å². The lowest BCUT2D eigenvalue weighted by atomic mass is 10.0. The molecule has 0 saturated heterocycles. The molecule has 5 rings (SSSR count). The molecular formula is C30H23Cl2FN4O2. The minimum Gasteiger partial charge on any atom is -0.489 e. The number of aromatic nitrogens is 3. The molecule has 6 nitrogen and oxygen atoms in total. The predicted octanol–water partition coefficient (Wildman–Crippen LogP) is 7.45. The average Bonchev–Trinajstić information content (AvgIpc) is 3.24. The summed E-state index contributed by atoms with van der Waals surface area (Å²) in [6.07, 6.45) is 1.03. The molecule has 0 spiro atoms. The number of nitrogens with one attached hydrogen (secondary N) is 1. The van der Waals surface area contributed by atoms with Crippen LogP contribution in [0.4, 0.5) is 10.2 Å². The van der Waals surface area contributed by atoms with Gasteiger partial charge in [-0.1, -0.05) is 53.5 Å². The number of ether oxygens (including phenoxy) is 1. The first-order chi connectivity index (χ1) is 18.9. The van der Waals surface area contributed by atoms with Gasteiger partial charge in [-0.3, -0.25) is 4.79 Å². The van der Waals surface area contributed by atoms with E-state index in [2.05, 4.69) is 10.3 Å². The Kier molecular flexibility index (Phi) is 7.91. The quantitative estimate of drug-likeness (QED) is 0.214. The number of rotatable bonds is 8. The molecule has 0 radical (unpaired) electrons. The van der Waals surface area contributed by atoms with Crippen molar-refractivity contribution in [3.05, 3.63) is 124 Å². The zero-order valence-electron chi connectivity index (χ0n) is 20.9. The summed E-state index contributed by atoms with van der Waals surface area (Å²) in [6, 6.07) is 25.4. The fourth-order valence-electron chi connectivity index (χ4n) is 4.11. The van der Waals surface area contributed by atoms with E-state index in [1.807, 2.05) is 61.5 Å². The zero-order chi connectivity index (χ0) is 27.4. The molecular weight excluding hydrogens is 538 g/mol. The summed E-state index contributed by atoms with van der Waals surface area (Å²) in [5, 5.41) is 8.36. The summed E-state index contributed by atoms with van der Waals surface area (Å²) in [5.74, 6) is 0.164. The van der Waals surface area contributed by atoms with E-state index in [0.717, 1.165) is 34.3 Å². The second-order valence-electron chi connectivity index (χ2n) is 8.81. The standard InChI is InChI=1S/C30H23Cl2FN4O2/c1-19-26(16-29(38)35-28-14-10-23(33)17-34-28)36-37(27-13-9-22(31)15-25(27)32)30(19)21-7-11-24(12-8-21)39-18-20-5-3-2-4-6-20/h2-15,17H,16,18H2,1H3,(H,34,35,38). The molecule has 1 N–H and O–H groups in total. The summed E-state index contributed by atoms with van der Waals surface area (Å²) >= 11 is 12.7. The smallest absolute Gasteiger partial charge is 0.231 e. The Morgan fingerprint density at radius 1 is 1.00 bits per heavy atom. The zero-order valence-corrected chi connectivity index (χ0v) is 22.4. The highest BCUT2D eigenvalue weighted by atomic mass is 35.5. The first kappa shape index (κ1) is 26.4. The third-order valence-corrected chi connectivity index (χ3v) is 6.60. The number of pyridine rings is 1. The Labute approximate surface area is 235 Å². The summed E-state index contributed by atoms with van der Waals surface area (Å²) in [6.45, 7) is 2.36. The van der Waals surface area contributed by atoms with E-state index < -0.39 is 5.82 Å². The van der Waals surface area contributed by atoms with Crippen LogP contribution in [0, 0.1) is 12.7 Å². The molecule has 0 atom stereocenters. The van der Waals surface area contributed by atoms with Gasteiger partial charge in [0.1, 0.15) is 24.0 Å². The van der Waals surface area contributed by atoms with Gasteiger partial charge in [-0.25, -0.2) is 14.1 Å². The van der Waals surface area contributed by atoms with E-state index >= 15 is 0 Å². The summed E-state index contributed by atoms with van der Waals surface area (Å²) < 4.78 is 20.8. The fourth-order valence-corrected chi connectivity index (χ4v) is 4.60. The van der Waals surface area contributed by atoms with Crippen molar-refractivity contribution in [2.75, 3.05) is 5.32 Å². The first-order valence-electron chi connectivity index (χ1n) is 12.1. The summed E-state index contributed by atoms with van der Waals surface area (Å²) in [7, 11) is 0. The SMILES string of the molecule is Cc1c(CC(=O)Nc2ccc(F)cn2)nn(-c2ccc(Cl)cc2Cl)c1-c1ccc(OCc2ccccc2)cc1. The molecule has 2 aromatic heterocycles. The van der Waals surface area contributed by atoms with Crippen molar-refractivity contribution >= 4 is 34.9 Å².